The molecule has 0 aliphatic rings. The Morgan fingerprint density at radius 1 is 1.03 bits per heavy atom. The molecule has 156 valence electrons. The first-order chi connectivity index (χ1) is 14.3. The van der Waals surface area contributed by atoms with Crippen LogP contribution in [0.15, 0.2) is 59.5 Å². The fraction of sp³-hybridized carbons (Fsp3) is 0.158. The quantitative estimate of drug-likeness (QED) is 0.514. The van der Waals surface area contributed by atoms with E-state index in [1.165, 1.54) is 36.4 Å². The third-order valence-electron chi connectivity index (χ3n) is 3.84. The summed E-state index contributed by atoms with van der Waals surface area (Å²) in [6.07, 6.45) is -0.321. The van der Waals surface area contributed by atoms with E-state index >= 15 is 0 Å². The molecule has 30 heavy (non-hydrogen) atoms. The van der Waals surface area contributed by atoms with Crippen molar-refractivity contribution in [2.45, 2.75) is 17.9 Å². The first kappa shape index (κ1) is 21.1. The standard InChI is InChI=1S/C19H18FN5O4S/c20-13-6-8-14(9-7-13)22-19-24-16(23-18(21)25-19)12-29-17(26)10-11-30(27,28)15-4-2-1-3-5-15/h1-9H,10-12H2,(H3,21,22,23,24,25). The number of carbonyl (C=O) groups is 1. The molecule has 9 nitrogen and oxygen atoms in total. The topological polar surface area (TPSA) is 137 Å². The lowest BCUT2D eigenvalue weighted by molar-refractivity contribution is -0.144. The van der Waals surface area contributed by atoms with Crippen molar-refractivity contribution in [2.24, 2.45) is 0 Å². The van der Waals surface area contributed by atoms with E-state index in [0.717, 1.165) is 0 Å². The predicted octanol–water partition coefficient (Wildman–Crippen LogP) is 2.24. The van der Waals surface area contributed by atoms with Crippen LogP contribution >= 0.6 is 0 Å². The number of esters is 1. The molecule has 3 rings (SSSR count). The molecule has 0 spiro atoms. The molecule has 0 unspecified atom stereocenters. The van der Waals surface area contributed by atoms with Crippen LogP contribution in [0.3, 0.4) is 0 Å². The lowest BCUT2D eigenvalue weighted by Crippen LogP contribution is -2.15. The van der Waals surface area contributed by atoms with Crippen LogP contribution in [0.25, 0.3) is 0 Å². The van der Waals surface area contributed by atoms with E-state index in [1.54, 1.807) is 18.2 Å². The molecule has 3 N–H and O–H groups in total. The van der Waals surface area contributed by atoms with Crippen molar-refractivity contribution in [1.82, 2.24) is 15.0 Å². The Morgan fingerprint density at radius 2 is 1.73 bits per heavy atom. The van der Waals surface area contributed by atoms with Gasteiger partial charge in [0.25, 0.3) is 0 Å². The Morgan fingerprint density at radius 3 is 2.43 bits per heavy atom. The number of rotatable bonds is 8. The van der Waals surface area contributed by atoms with Crippen molar-refractivity contribution in [2.75, 3.05) is 16.8 Å². The highest BCUT2D eigenvalue weighted by Gasteiger charge is 2.17. The molecule has 0 saturated carbocycles. The summed E-state index contributed by atoms with van der Waals surface area (Å²) in [5, 5.41) is 2.83. The van der Waals surface area contributed by atoms with E-state index in [9.17, 15) is 17.6 Å². The lowest BCUT2D eigenvalue weighted by atomic mass is 10.3. The van der Waals surface area contributed by atoms with Crippen LogP contribution in [-0.4, -0.2) is 35.1 Å². The number of nitrogens with zero attached hydrogens (tertiary/aromatic N) is 3. The third kappa shape index (κ3) is 5.95. The summed E-state index contributed by atoms with van der Waals surface area (Å²) in [5.74, 6) is -1.43. The van der Waals surface area contributed by atoms with E-state index in [1.807, 2.05) is 0 Å². The summed E-state index contributed by atoms with van der Waals surface area (Å²) in [6.45, 7) is -0.310. The number of anilines is 3. The van der Waals surface area contributed by atoms with Crippen LogP contribution in [0.5, 0.6) is 0 Å². The van der Waals surface area contributed by atoms with Gasteiger partial charge in [-0.25, -0.2) is 12.8 Å². The number of nitrogens with one attached hydrogen (secondary N) is 1. The summed E-state index contributed by atoms with van der Waals surface area (Å²) < 4.78 is 42.4. The molecule has 11 heteroatoms. The molecule has 0 aliphatic heterocycles. The van der Waals surface area contributed by atoms with Gasteiger partial charge in [-0.3, -0.25) is 4.79 Å². The second-order valence-corrected chi connectivity index (χ2v) is 8.22. The third-order valence-corrected chi connectivity index (χ3v) is 5.57. The van der Waals surface area contributed by atoms with E-state index in [0.29, 0.717) is 5.69 Å². The van der Waals surface area contributed by atoms with Crippen molar-refractivity contribution in [3.63, 3.8) is 0 Å². The van der Waals surface area contributed by atoms with Gasteiger partial charge in [0.1, 0.15) is 5.82 Å². The fourth-order valence-corrected chi connectivity index (χ4v) is 3.64. The van der Waals surface area contributed by atoms with Gasteiger partial charge in [0.05, 0.1) is 17.1 Å². The van der Waals surface area contributed by atoms with Gasteiger partial charge in [-0.2, -0.15) is 15.0 Å². The number of hydrogen-bond acceptors (Lipinski definition) is 9. The number of ether oxygens (including phenoxy) is 1. The molecule has 3 aromatic rings. The Labute approximate surface area is 172 Å². The molecular weight excluding hydrogens is 413 g/mol. The number of nitrogen functional groups attached to an aromatic ring is 1. The SMILES string of the molecule is Nc1nc(COC(=O)CCS(=O)(=O)c2ccccc2)nc(Nc2ccc(F)cc2)n1. The Balaban J connectivity index is 1.56. The highest BCUT2D eigenvalue weighted by Crippen LogP contribution is 2.15. The van der Waals surface area contributed by atoms with E-state index in [-0.39, 0.29) is 41.4 Å². The predicted molar refractivity (Wildman–Crippen MR) is 107 cm³/mol. The molecule has 1 aromatic heterocycles. The van der Waals surface area contributed by atoms with Crippen molar-refractivity contribution < 1.29 is 22.3 Å². The maximum Gasteiger partial charge on any atom is 0.307 e. The Kier molecular flexibility index (Phi) is 6.52. The zero-order valence-corrected chi connectivity index (χ0v) is 16.5. The van der Waals surface area contributed by atoms with Crippen LogP contribution in [0.2, 0.25) is 0 Å². The number of hydrogen-bond donors (Lipinski definition) is 2. The smallest absolute Gasteiger partial charge is 0.307 e. The molecular formula is C19H18FN5O4S. The number of nitrogens with two attached hydrogens (primary N) is 1. The van der Waals surface area contributed by atoms with Crippen LogP contribution < -0.4 is 11.1 Å². The average Bonchev–Trinajstić information content (AvgIpc) is 2.73. The van der Waals surface area contributed by atoms with Crippen LogP contribution in [0, 0.1) is 5.82 Å². The molecule has 0 aliphatic carbocycles. The number of aromatic nitrogens is 3. The summed E-state index contributed by atoms with van der Waals surface area (Å²) in [6, 6.07) is 13.3. The van der Waals surface area contributed by atoms with Gasteiger partial charge in [0, 0.05) is 5.69 Å². The zero-order chi connectivity index (χ0) is 21.6. The summed E-state index contributed by atoms with van der Waals surface area (Å²) in [5.41, 5.74) is 6.17. The minimum Gasteiger partial charge on any atom is -0.457 e. The number of carbonyl (C=O) groups excluding carboxylic acids is 1. The van der Waals surface area contributed by atoms with Gasteiger partial charge in [-0.05, 0) is 36.4 Å². The Hall–Kier alpha value is -3.60. The number of halogens is 1. The molecule has 0 fully saturated rings. The summed E-state index contributed by atoms with van der Waals surface area (Å²) >= 11 is 0. The van der Waals surface area contributed by atoms with Crippen molar-refractivity contribution >= 4 is 33.4 Å². The second kappa shape index (κ2) is 9.27. The molecule has 0 atom stereocenters. The van der Waals surface area contributed by atoms with Crippen molar-refractivity contribution in [3.05, 3.63) is 66.2 Å². The van der Waals surface area contributed by atoms with Gasteiger partial charge in [0.2, 0.25) is 11.9 Å². The lowest BCUT2D eigenvalue weighted by Gasteiger charge is -2.08. The van der Waals surface area contributed by atoms with E-state index in [2.05, 4.69) is 20.3 Å². The highest BCUT2D eigenvalue weighted by atomic mass is 32.2. The van der Waals surface area contributed by atoms with Crippen molar-refractivity contribution in [1.29, 1.82) is 0 Å². The summed E-state index contributed by atoms with van der Waals surface area (Å²) in [4.78, 5) is 24.0. The molecule has 2 aromatic carbocycles. The monoisotopic (exact) mass is 431 g/mol. The maximum atomic E-state index is 13.0. The van der Waals surface area contributed by atoms with Gasteiger partial charge < -0.3 is 15.8 Å². The Bertz CT molecular complexity index is 1130. The van der Waals surface area contributed by atoms with Gasteiger partial charge in [-0.1, -0.05) is 18.2 Å². The largest absolute Gasteiger partial charge is 0.457 e. The first-order valence-corrected chi connectivity index (χ1v) is 10.4. The molecule has 0 bridgehead atoms. The minimum absolute atomic E-state index is 0.0754. The highest BCUT2D eigenvalue weighted by molar-refractivity contribution is 7.91. The minimum atomic E-state index is -3.59. The van der Waals surface area contributed by atoms with Gasteiger partial charge in [-0.15, -0.1) is 0 Å². The number of sulfone groups is 1. The maximum absolute atomic E-state index is 13.0. The van der Waals surface area contributed by atoms with Gasteiger partial charge >= 0.3 is 5.97 Å². The summed E-state index contributed by atoms with van der Waals surface area (Å²) in [7, 11) is -3.59. The average molecular weight is 431 g/mol. The molecule has 0 saturated heterocycles. The second-order valence-electron chi connectivity index (χ2n) is 6.11. The fourth-order valence-electron chi connectivity index (χ4n) is 2.40. The van der Waals surface area contributed by atoms with Crippen LogP contribution in [-0.2, 0) is 26.0 Å². The molecule has 0 amide bonds. The molecule has 0 radical (unpaired) electrons. The van der Waals surface area contributed by atoms with Crippen molar-refractivity contribution in [3.8, 4) is 0 Å². The van der Waals surface area contributed by atoms with Crippen LogP contribution in [0.4, 0.5) is 22.0 Å². The van der Waals surface area contributed by atoms with Gasteiger partial charge in [0.15, 0.2) is 22.3 Å². The molecule has 1 heterocycles. The normalized spacial score (nSPS) is 11.1. The zero-order valence-electron chi connectivity index (χ0n) is 15.7. The van der Waals surface area contributed by atoms with E-state index in [4.69, 9.17) is 10.5 Å². The first-order valence-electron chi connectivity index (χ1n) is 8.78. The van der Waals surface area contributed by atoms with E-state index < -0.39 is 21.6 Å². The number of benzene rings is 2. The van der Waals surface area contributed by atoms with Crippen LogP contribution in [0.1, 0.15) is 12.2 Å².